The SMILES string of the molecule is CN(C)Cc1cc(-c2ccc(NC(=O)Nc3cccc(C(F)(F)F)c3)cc2)c2cnn(C)c2n1. The first-order chi connectivity index (χ1) is 16.1. The maximum absolute atomic E-state index is 12.9. The molecule has 0 fully saturated rings. The van der Waals surface area contributed by atoms with Crippen molar-refractivity contribution in [2.75, 3.05) is 24.7 Å². The Bertz CT molecular complexity index is 1330. The van der Waals surface area contributed by atoms with Crippen LogP contribution in [0.3, 0.4) is 0 Å². The summed E-state index contributed by atoms with van der Waals surface area (Å²) in [5.41, 5.74) is 3.28. The van der Waals surface area contributed by atoms with Crippen LogP contribution in [-0.4, -0.2) is 39.8 Å². The molecule has 0 saturated carbocycles. The van der Waals surface area contributed by atoms with Crippen molar-refractivity contribution in [1.29, 1.82) is 0 Å². The molecule has 0 saturated heterocycles. The van der Waals surface area contributed by atoms with Crippen molar-refractivity contribution in [1.82, 2.24) is 19.7 Å². The van der Waals surface area contributed by atoms with E-state index in [4.69, 9.17) is 4.98 Å². The average Bonchev–Trinajstić information content (AvgIpc) is 3.13. The first-order valence-corrected chi connectivity index (χ1v) is 10.4. The van der Waals surface area contributed by atoms with Gasteiger partial charge < -0.3 is 15.5 Å². The highest BCUT2D eigenvalue weighted by atomic mass is 19.4. The normalized spacial score (nSPS) is 11.7. The van der Waals surface area contributed by atoms with E-state index in [0.29, 0.717) is 12.2 Å². The summed E-state index contributed by atoms with van der Waals surface area (Å²) in [5, 5.41) is 10.3. The lowest BCUT2D eigenvalue weighted by Crippen LogP contribution is -2.19. The van der Waals surface area contributed by atoms with Crippen molar-refractivity contribution in [2.24, 2.45) is 7.05 Å². The quantitative estimate of drug-likeness (QED) is 0.414. The smallest absolute Gasteiger partial charge is 0.308 e. The second kappa shape index (κ2) is 9.14. The second-order valence-electron chi connectivity index (χ2n) is 8.14. The van der Waals surface area contributed by atoms with Crippen molar-refractivity contribution in [3.63, 3.8) is 0 Å². The summed E-state index contributed by atoms with van der Waals surface area (Å²) in [6, 6.07) is 13.0. The van der Waals surface area contributed by atoms with E-state index in [1.54, 1.807) is 23.0 Å². The van der Waals surface area contributed by atoms with Crippen LogP contribution in [-0.2, 0) is 19.8 Å². The predicted molar refractivity (Wildman–Crippen MR) is 125 cm³/mol. The third-order valence-electron chi connectivity index (χ3n) is 5.14. The van der Waals surface area contributed by atoms with Gasteiger partial charge in [0.1, 0.15) is 0 Å². The van der Waals surface area contributed by atoms with Gasteiger partial charge in [0, 0.05) is 30.4 Å². The summed E-state index contributed by atoms with van der Waals surface area (Å²) in [6.07, 6.45) is -2.71. The Kier molecular flexibility index (Phi) is 6.25. The van der Waals surface area contributed by atoms with Gasteiger partial charge in [0.25, 0.3) is 0 Å². The first kappa shape index (κ1) is 23.2. The van der Waals surface area contributed by atoms with Crippen LogP contribution in [0.2, 0.25) is 0 Å². The number of carbonyl (C=O) groups excluding carboxylic acids is 1. The number of nitrogens with one attached hydrogen (secondary N) is 2. The molecule has 7 nitrogen and oxygen atoms in total. The zero-order valence-electron chi connectivity index (χ0n) is 18.8. The third-order valence-corrected chi connectivity index (χ3v) is 5.14. The fraction of sp³-hybridized carbons (Fsp3) is 0.208. The lowest BCUT2D eigenvalue weighted by molar-refractivity contribution is -0.137. The van der Waals surface area contributed by atoms with Gasteiger partial charge in [0.15, 0.2) is 5.65 Å². The molecule has 0 aliphatic rings. The van der Waals surface area contributed by atoms with Crippen LogP contribution in [0.4, 0.5) is 29.3 Å². The van der Waals surface area contributed by atoms with E-state index in [-0.39, 0.29) is 5.69 Å². The molecule has 4 aromatic rings. The van der Waals surface area contributed by atoms with Crippen LogP contribution in [0.5, 0.6) is 0 Å². The highest BCUT2D eigenvalue weighted by molar-refractivity contribution is 6.00. The molecule has 34 heavy (non-hydrogen) atoms. The number of pyridine rings is 1. The molecule has 0 radical (unpaired) electrons. The molecule has 0 aliphatic carbocycles. The van der Waals surface area contributed by atoms with E-state index in [1.807, 2.05) is 44.2 Å². The number of aryl methyl sites for hydroxylation is 1. The van der Waals surface area contributed by atoms with Gasteiger partial charge in [-0.2, -0.15) is 18.3 Å². The number of aromatic nitrogens is 3. The van der Waals surface area contributed by atoms with E-state index in [1.165, 1.54) is 12.1 Å². The van der Waals surface area contributed by atoms with Gasteiger partial charge in [0.05, 0.1) is 17.5 Å². The predicted octanol–water partition coefficient (Wildman–Crippen LogP) is 5.36. The van der Waals surface area contributed by atoms with Crippen molar-refractivity contribution in [2.45, 2.75) is 12.7 Å². The molecule has 2 heterocycles. The van der Waals surface area contributed by atoms with Crippen molar-refractivity contribution in [3.8, 4) is 11.1 Å². The summed E-state index contributed by atoms with van der Waals surface area (Å²) < 4.78 is 40.4. The molecule has 10 heteroatoms. The van der Waals surface area contributed by atoms with Gasteiger partial charge in [0.2, 0.25) is 0 Å². The third kappa shape index (κ3) is 5.18. The lowest BCUT2D eigenvalue weighted by atomic mass is 10.0. The molecule has 2 aromatic carbocycles. The standard InChI is InChI=1S/C24H23F3N6O/c1-32(2)14-19-12-20(21-13-28-33(3)22(21)29-19)15-7-9-17(10-8-15)30-23(34)31-18-6-4-5-16(11-18)24(25,26)27/h4-13H,14H2,1-3H3,(H2,30,31,34). The Morgan fingerprint density at radius 1 is 1.03 bits per heavy atom. The molecule has 2 aromatic heterocycles. The molecular weight excluding hydrogens is 445 g/mol. The molecule has 176 valence electrons. The number of benzene rings is 2. The Morgan fingerprint density at radius 3 is 2.41 bits per heavy atom. The summed E-state index contributed by atoms with van der Waals surface area (Å²) in [7, 11) is 5.79. The first-order valence-electron chi connectivity index (χ1n) is 10.4. The Labute approximate surface area is 194 Å². The van der Waals surface area contributed by atoms with Crippen LogP contribution in [0.15, 0.2) is 60.8 Å². The molecule has 2 amide bonds. The topological polar surface area (TPSA) is 75.1 Å². The Balaban J connectivity index is 1.53. The number of hydrogen-bond donors (Lipinski definition) is 2. The fourth-order valence-electron chi connectivity index (χ4n) is 3.61. The number of hydrogen-bond acceptors (Lipinski definition) is 4. The largest absolute Gasteiger partial charge is 0.416 e. The number of nitrogens with zero attached hydrogens (tertiary/aromatic N) is 4. The number of rotatable bonds is 5. The van der Waals surface area contributed by atoms with Gasteiger partial charge in [-0.15, -0.1) is 0 Å². The summed E-state index contributed by atoms with van der Waals surface area (Å²) in [6.45, 7) is 0.670. The number of amides is 2. The van der Waals surface area contributed by atoms with Crippen molar-refractivity contribution >= 4 is 28.4 Å². The molecule has 4 rings (SSSR count). The minimum absolute atomic E-state index is 0.0492. The maximum Gasteiger partial charge on any atom is 0.416 e. The van der Waals surface area contributed by atoms with Crippen molar-refractivity contribution in [3.05, 3.63) is 72.1 Å². The number of halogens is 3. The monoisotopic (exact) mass is 468 g/mol. The van der Waals surface area contributed by atoms with Crippen LogP contribution in [0.25, 0.3) is 22.2 Å². The molecule has 2 N–H and O–H groups in total. The van der Waals surface area contributed by atoms with Gasteiger partial charge in [-0.3, -0.25) is 4.68 Å². The minimum atomic E-state index is -4.48. The molecule has 0 aliphatic heterocycles. The van der Waals surface area contributed by atoms with Crippen molar-refractivity contribution < 1.29 is 18.0 Å². The Hall–Kier alpha value is -3.92. The molecule has 0 bridgehead atoms. The van der Waals surface area contributed by atoms with Gasteiger partial charge in [-0.25, -0.2) is 9.78 Å². The molecule has 0 atom stereocenters. The number of carbonyl (C=O) groups is 1. The zero-order valence-corrected chi connectivity index (χ0v) is 18.8. The van der Waals surface area contributed by atoms with Crippen LogP contribution in [0, 0.1) is 0 Å². The van der Waals surface area contributed by atoms with E-state index < -0.39 is 17.8 Å². The van der Waals surface area contributed by atoms with E-state index in [9.17, 15) is 18.0 Å². The van der Waals surface area contributed by atoms with Crippen LogP contribution < -0.4 is 10.6 Å². The maximum atomic E-state index is 12.9. The molecular formula is C24H23F3N6O. The summed E-state index contributed by atoms with van der Waals surface area (Å²) >= 11 is 0. The number of fused-ring (bicyclic) bond motifs is 1. The number of alkyl halides is 3. The van der Waals surface area contributed by atoms with E-state index in [0.717, 1.165) is 40.0 Å². The van der Waals surface area contributed by atoms with E-state index in [2.05, 4.69) is 15.7 Å². The summed E-state index contributed by atoms with van der Waals surface area (Å²) in [5.74, 6) is 0. The second-order valence-corrected chi connectivity index (χ2v) is 8.14. The fourth-order valence-corrected chi connectivity index (χ4v) is 3.61. The highest BCUT2D eigenvalue weighted by Crippen LogP contribution is 2.31. The van der Waals surface area contributed by atoms with Gasteiger partial charge in [-0.05, 0) is 61.6 Å². The number of urea groups is 1. The lowest BCUT2D eigenvalue weighted by Gasteiger charge is -2.13. The average molecular weight is 468 g/mol. The minimum Gasteiger partial charge on any atom is -0.308 e. The van der Waals surface area contributed by atoms with Gasteiger partial charge in [-0.1, -0.05) is 18.2 Å². The zero-order chi connectivity index (χ0) is 24.5. The van der Waals surface area contributed by atoms with Crippen LogP contribution in [0.1, 0.15) is 11.3 Å². The molecule has 0 spiro atoms. The molecule has 0 unspecified atom stereocenters. The summed E-state index contributed by atoms with van der Waals surface area (Å²) in [4.78, 5) is 19.0. The highest BCUT2D eigenvalue weighted by Gasteiger charge is 2.30. The van der Waals surface area contributed by atoms with Gasteiger partial charge >= 0.3 is 12.2 Å². The van der Waals surface area contributed by atoms with Crippen LogP contribution >= 0.6 is 0 Å². The van der Waals surface area contributed by atoms with E-state index >= 15 is 0 Å². The Morgan fingerprint density at radius 2 is 1.74 bits per heavy atom. The number of anilines is 2.